The van der Waals surface area contributed by atoms with Crippen LogP contribution in [0.2, 0.25) is 0 Å². The molecule has 0 aliphatic rings. The molecule has 0 bridgehead atoms. The predicted octanol–water partition coefficient (Wildman–Crippen LogP) is 5.32. The summed E-state index contributed by atoms with van der Waals surface area (Å²) in [6.07, 6.45) is 5.52. The van der Waals surface area contributed by atoms with Gasteiger partial charge in [0.2, 0.25) is 0 Å². The molecule has 1 unspecified atom stereocenters. The van der Waals surface area contributed by atoms with Crippen LogP contribution in [0.25, 0.3) is 0 Å². The molecule has 1 aromatic carbocycles. The Morgan fingerprint density at radius 1 is 1.05 bits per heavy atom. The zero-order valence-electron chi connectivity index (χ0n) is 13.2. The molecule has 1 aromatic heterocycles. The second kappa shape index (κ2) is 8.62. The van der Waals surface area contributed by atoms with Gasteiger partial charge in [-0.3, -0.25) is 0 Å². The van der Waals surface area contributed by atoms with Crippen molar-refractivity contribution < 1.29 is 0 Å². The third kappa shape index (κ3) is 4.87. The van der Waals surface area contributed by atoms with Gasteiger partial charge in [-0.25, -0.2) is 0 Å². The number of thioether (sulfide) groups is 1. The van der Waals surface area contributed by atoms with Crippen LogP contribution in [0.1, 0.15) is 41.6 Å². The van der Waals surface area contributed by atoms with E-state index in [9.17, 15) is 0 Å². The Hall–Kier alpha value is -0.770. The average molecular weight is 320 g/mol. The van der Waals surface area contributed by atoms with Gasteiger partial charge in [-0.2, -0.15) is 0 Å². The van der Waals surface area contributed by atoms with E-state index in [0.29, 0.717) is 6.04 Å². The molecule has 1 heterocycles. The van der Waals surface area contributed by atoms with Crippen LogP contribution in [0, 0.1) is 0 Å². The topological polar surface area (TPSA) is 12.0 Å². The Bertz CT molecular complexity index is 530. The molecule has 1 N–H and O–H groups in total. The second-order valence-corrected chi connectivity index (χ2v) is 7.34. The molecular weight excluding hydrogens is 294 g/mol. The third-order valence-electron chi connectivity index (χ3n) is 3.63. The van der Waals surface area contributed by atoms with Gasteiger partial charge in [-0.15, -0.1) is 23.1 Å². The highest BCUT2D eigenvalue weighted by atomic mass is 32.2. The van der Waals surface area contributed by atoms with Crippen molar-refractivity contribution in [1.29, 1.82) is 0 Å². The first-order chi connectivity index (χ1) is 10.3. The summed E-state index contributed by atoms with van der Waals surface area (Å²) in [5, 5.41) is 3.70. The maximum atomic E-state index is 3.70. The minimum Gasteiger partial charge on any atom is -0.310 e. The van der Waals surface area contributed by atoms with Crippen LogP contribution >= 0.6 is 23.1 Å². The quantitative estimate of drug-likeness (QED) is 0.661. The van der Waals surface area contributed by atoms with Crippen molar-refractivity contribution in [3.63, 3.8) is 0 Å². The van der Waals surface area contributed by atoms with Gasteiger partial charge in [0.1, 0.15) is 0 Å². The van der Waals surface area contributed by atoms with E-state index in [1.54, 1.807) is 11.8 Å². The lowest BCUT2D eigenvalue weighted by Crippen LogP contribution is -2.23. The van der Waals surface area contributed by atoms with E-state index in [0.717, 1.165) is 19.4 Å². The van der Waals surface area contributed by atoms with Gasteiger partial charge in [0, 0.05) is 27.1 Å². The van der Waals surface area contributed by atoms with Crippen LogP contribution in [0.15, 0.2) is 41.3 Å². The Labute approximate surface area is 137 Å². The van der Waals surface area contributed by atoms with Crippen LogP contribution in [0.4, 0.5) is 0 Å². The molecule has 2 rings (SSSR count). The molecule has 0 saturated carbocycles. The lowest BCUT2D eigenvalue weighted by molar-refractivity contribution is 0.532. The van der Waals surface area contributed by atoms with Crippen molar-refractivity contribution in [2.45, 2.75) is 44.0 Å². The molecular formula is C18H25NS2. The maximum Gasteiger partial charge on any atom is 0.0368 e. The summed E-state index contributed by atoms with van der Waals surface area (Å²) in [6.45, 7) is 5.52. The highest BCUT2D eigenvalue weighted by molar-refractivity contribution is 7.98. The van der Waals surface area contributed by atoms with Crippen LogP contribution in [-0.4, -0.2) is 12.8 Å². The number of hydrogen-bond acceptors (Lipinski definition) is 3. The molecule has 1 atom stereocenters. The number of hydrogen-bond donors (Lipinski definition) is 1. The Kier molecular flexibility index (Phi) is 6.81. The average Bonchev–Trinajstić information content (AvgIpc) is 2.99. The summed E-state index contributed by atoms with van der Waals surface area (Å²) in [4.78, 5) is 4.30. The van der Waals surface area contributed by atoms with Crippen molar-refractivity contribution in [3.8, 4) is 0 Å². The molecule has 1 nitrogen and oxygen atoms in total. The fourth-order valence-electron chi connectivity index (χ4n) is 2.39. The van der Waals surface area contributed by atoms with Gasteiger partial charge in [0.25, 0.3) is 0 Å². The number of thiophene rings is 1. The SMILES string of the molecule is CCCNC(Cc1ccc(CC)s1)c1ccc(SC)cc1. The minimum atomic E-state index is 0.421. The molecule has 0 aliphatic carbocycles. The van der Waals surface area contributed by atoms with Crippen LogP contribution in [0.5, 0.6) is 0 Å². The van der Waals surface area contributed by atoms with E-state index in [-0.39, 0.29) is 0 Å². The van der Waals surface area contributed by atoms with E-state index in [4.69, 9.17) is 0 Å². The van der Waals surface area contributed by atoms with E-state index in [2.05, 4.69) is 61.8 Å². The summed E-state index contributed by atoms with van der Waals surface area (Å²) in [5.41, 5.74) is 1.40. The number of benzene rings is 1. The van der Waals surface area contributed by atoms with Crippen molar-refractivity contribution in [1.82, 2.24) is 5.32 Å². The summed E-state index contributed by atoms with van der Waals surface area (Å²) < 4.78 is 0. The minimum absolute atomic E-state index is 0.421. The normalized spacial score (nSPS) is 12.5. The fourth-order valence-corrected chi connectivity index (χ4v) is 3.80. The van der Waals surface area contributed by atoms with Gasteiger partial charge < -0.3 is 5.32 Å². The first-order valence-electron chi connectivity index (χ1n) is 7.71. The largest absolute Gasteiger partial charge is 0.310 e. The van der Waals surface area contributed by atoms with Crippen LogP contribution < -0.4 is 5.32 Å². The zero-order valence-corrected chi connectivity index (χ0v) is 14.8. The van der Waals surface area contributed by atoms with Gasteiger partial charge in [0.15, 0.2) is 0 Å². The van der Waals surface area contributed by atoms with E-state index in [1.807, 2.05) is 11.3 Å². The van der Waals surface area contributed by atoms with Gasteiger partial charge in [-0.05, 0) is 55.5 Å². The lowest BCUT2D eigenvalue weighted by Gasteiger charge is -2.18. The lowest BCUT2D eigenvalue weighted by atomic mass is 10.0. The molecule has 2 aromatic rings. The molecule has 0 fully saturated rings. The maximum absolute atomic E-state index is 3.70. The van der Waals surface area contributed by atoms with Crippen LogP contribution in [-0.2, 0) is 12.8 Å². The summed E-state index contributed by atoms with van der Waals surface area (Å²) in [6, 6.07) is 14.0. The van der Waals surface area contributed by atoms with Crippen molar-refractivity contribution in [2.75, 3.05) is 12.8 Å². The number of nitrogens with one attached hydrogen (secondary N) is 1. The molecule has 0 spiro atoms. The Morgan fingerprint density at radius 2 is 1.76 bits per heavy atom. The molecule has 0 saturated heterocycles. The van der Waals surface area contributed by atoms with Crippen molar-refractivity contribution in [2.24, 2.45) is 0 Å². The summed E-state index contributed by atoms with van der Waals surface area (Å²) >= 11 is 3.75. The number of aryl methyl sites for hydroxylation is 1. The van der Waals surface area contributed by atoms with Gasteiger partial charge in [-0.1, -0.05) is 26.0 Å². The fraction of sp³-hybridized carbons (Fsp3) is 0.444. The van der Waals surface area contributed by atoms with E-state index >= 15 is 0 Å². The first kappa shape index (κ1) is 16.6. The number of rotatable bonds is 8. The molecule has 0 amide bonds. The summed E-state index contributed by atoms with van der Waals surface area (Å²) in [5.74, 6) is 0. The van der Waals surface area contributed by atoms with Gasteiger partial charge >= 0.3 is 0 Å². The monoisotopic (exact) mass is 319 g/mol. The highest BCUT2D eigenvalue weighted by Gasteiger charge is 2.13. The molecule has 0 aliphatic heterocycles. The first-order valence-corrected chi connectivity index (χ1v) is 9.75. The van der Waals surface area contributed by atoms with E-state index in [1.165, 1.54) is 26.6 Å². The zero-order chi connectivity index (χ0) is 15.1. The third-order valence-corrected chi connectivity index (χ3v) is 5.63. The summed E-state index contributed by atoms with van der Waals surface area (Å²) in [7, 11) is 0. The van der Waals surface area contributed by atoms with Crippen molar-refractivity contribution in [3.05, 3.63) is 51.7 Å². The van der Waals surface area contributed by atoms with Crippen LogP contribution in [0.3, 0.4) is 0 Å². The second-order valence-electron chi connectivity index (χ2n) is 5.21. The van der Waals surface area contributed by atoms with Crippen molar-refractivity contribution >= 4 is 23.1 Å². The molecule has 114 valence electrons. The smallest absolute Gasteiger partial charge is 0.0368 e. The Balaban J connectivity index is 2.12. The highest BCUT2D eigenvalue weighted by Crippen LogP contribution is 2.26. The predicted molar refractivity (Wildman–Crippen MR) is 96.7 cm³/mol. The molecule has 21 heavy (non-hydrogen) atoms. The Morgan fingerprint density at radius 3 is 2.33 bits per heavy atom. The molecule has 0 radical (unpaired) electrons. The molecule has 3 heteroatoms. The van der Waals surface area contributed by atoms with E-state index < -0.39 is 0 Å². The van der Waals surface area contributed by atoms with Gasteiger partial charge in [0.05, 0.1) is 0 Å². The standard InChI is InChI=1S/C18H25NS2/c1-4-12-19-18(13-17-11-10-15(5-2)21-17)14-6-8-16(20-3)9-7-14/h6-11,18-19H,4-5,12-13H2,1-3H3.